The average Bonchev–Trinajstić information content (AvgIpc) is 2.59. The Labute approximate surface area is 137 Å². The minimum Gasteiger partial charge on any atom is -0.496 e. The van der Waals surface area contributed by atoms with E-state index in [0.717, 1.165) is 6.07 Å². The van der Waals surface area contributed by atoms with Crippen LogP contribution in [0, 0.1) is 15.5 Å². The molecule has 1 aromatic rings. The number of ether oxygens (including phenoxy) is 2. The molecule has 0 atom stereocenters. The predicted octanol–water partition coefficient (Wildman–Crippen LogP) is 1.21. The molecule has 130 valence electrons. The van der Waals surface area contributed by atoms with E-state index >= 15 is 0 Å². The molecule has 24 heavy (non-hydrogen) atoms. The SMILES string of the molecule is COc1ccc([N+](=O)[O-])cc1C(=O)NCC1(C(=O)O)CCOCC1. The number of rotatable bonds is 6. The summed E-state index contributed by atoms with van der Waals surface area (Å²) in [5.74, 6) is -1.45. The third-order valence-electron chi connectivity index (χ3n) is 4.13. The number of carboxylic acids is 1. The number of hydrogen-bond acceptors (Lipinski definition) is 6. The first-order valence-corrected chi connectivity index (χ1v) is 7.31. The van der Waals surface area contributed by atoms with E-state index in [1.54, 1.807) is 0 Å². The number of carbonyl (C=O) groups is 2. The van der Waals surface area contributed by atoms with Gasteiger partial charge in [0.1, 0.15) is 5.75 Å². The summed E-state index contributed by atoms with van der Waals surface area (Å²) in [5, 5.41) is 22.9. The number of hydrogen-bond donors (Lipinski definition) is 2. The number of carboxylic acid groups (broad SMARTS) is 1. The van der Waals surface area contributed by atoms with Gasteiger partial charge >= 0.3 is 5.97 Å². The lowest BCUT2D eigenvalue weighted by molar-refractivity contribution is -0.384. The standard InChI is InChI=1S/C15H18N2O7/c1-23-12-3-2-10(17(21)22)8-11(12)13(18)16-9-15(14(19)20)4-6-24-7-5-15/h2-3,8H,4-7,9H2,1H3,(H,16,18)(H,19,20). The van der Waals surface area contributed by atoms with Crippen molar-refractivity contribution in [3.05, 3.63) is 33.9 Å². The molecule has 1 amide bonds. The molecule has 1 aliphatic rings. The molecule has 0 bridgehead atoms. The molecule has 9 nitrogen and oxygen atoms in total. The molecule has 0 aliphatic carbocycles. The molecule has 2 rings (SSSR count). The lowest BCUT2D eigenvalue weighted by Gasteiger charge is -2.33. The third-order valence-corrected chi connectivity index (χ3v) is 4.13. The molecule has 0 aromatic heterocycles. The Morgan fingerprint density at radius 1 is 1.42 bits per heavy atom. The van der Waals surface area contributed by atoms with Gasteiger partial charge in [0.25, 0.3) is 11.6 Å². The average molecular weight is 338 g/mol. The summed E-state index contributed by atoms with van der Waals surface area (Å²) in [6.45, 7) is 0.529. The molecule has 1 fully saturated rings. The van der Waals surface area contributed by atoms with Crippen molar-refractivity contribution in [3.63, 3.8) is 0 Å². The Hall–Kier alpha value is -2.68. The summed E-state index contributed by atoms with van der Waals surface area (Å²) < 4.78 is 10.2. The number of nitrogens with zero attached hydrogens (tertiary/aromatic N) is 1. The van der Waals surface area contributed by atoms with Crippen LogP contribution in [-0.4, -0.2) is 48.8 Å². The maximum absolute atomic E-state index is 12.4. The van der Waals surface area contributed by atoms with Gasteiger partial charge in [-0.25, -0.2) is 0 Å². The van der Waals surface area contributed by atoms with Gasteiger partial charge in [-0.05, 0) is 18.9 Å². The Morgan fingerprint density at radius 3 is 2.62 bits per heavy atom. The van der Waals surface area contributed by atoms with Gasteiger partial charge in [-0.1, -0.05) is 0 Å². The molecule has 1 heterocycles. The van der Waals surface area contributed by atoms with Gasteiger partial charge in [0.15, 0.2) is 0 Å². The smallest absolute Gasteiger partial charge is 0.311 e. The highest BCUT2D eigenvalue weighted by Crippen LogP contribution is 2.30. The fourth-order valence-corrected chi connectivity index (χ4v) is 2.56. The van der Waals surface area contributed by atoms with Gasteiger partial charge < -0.3 is 19.9 Å². The summed E-state index contributed by atoms with van der Waals surface area (Å²) in [6, 6.07) is 3.66. The van der Waals surface area contributed by atoms with Gasteiger partial charge in [-0.3, -0.25) is 19.7 Å². The molecule has 0 unspecified atom stereocenters. The van der Waals surface area contributed by atoms with Crippen LogP contribution in [-0.2, 0) is 9.53 Å². The molecule has 0 spiro atoms. The summed E-state index contributed by atoms with van der Waals surface area (Å²) in [7, 11) is 1.34. The number of benzene rings is 1. The largest absolute Gasteiger partial charge is 0.496 e. The van der Waals surface area contributed by atoms with Crippen molar-refractivity contribution in [2.24, 2.45) is 5.41 Å². The number of nitro benzene ring substituents is 1. The monoisotopic (exact) mass is 338 g/mol. The first-order valence-electron chi connectivity index (χ1n) is 7.31. The zero-order chi connectivity index (χ0) is 17.7. The van der Waals surface area contributed by atoms with Crippen molar-refractivity contribution < 1.29 is 29.1 Å². The Kier molecular flexibility index (Phi) is 5.35. The molecule has 1 aliphatic heterocycles. The van der Waals surface area contributed by atoms with Crippen molar-refractivity contribution in [2.75, 3.05) is 26.9 Å². The normalized spacial score (nSPS) is 16.2. The second-order valence-corrected chi connectivity index (χ2v) is 5.52. The third kappa shape index (κ3) is 3.62. The number of nitrogens with one attached hydrogen (secondary N) is 1. The van der Waals surface area contributed by atoms with Crippen LogP contribution in [0.2, 0.25) is 0 Å². The van der Waals surface area contributed by atoms with E-state index in [0.29, 0.717) is 13.2 Å². The van der Waals surface area contributed by atoms with Crippen molar-refractivity contribution in [1.82, 2.24) is 5.32 Å². The van der Waals surface area contributed by atoms with E-state index in [1.165, 1.54) is 19.2 Å². The summed E-state index contributed by atoms with van der Waals surface area (Å²) in [5.41, 5.74) is -1.36. The van der Waals surface area contributed by atoms with Crippen LogP contribution >= 0.6 is 0 Å². The summed E-state index contributed by atoms with van der Waals surface area (Å²) >= 11 is 0. The molecule has 9 heteroatoms. The second kappa shape index (κ2) is 7.26. The molecular weight excluding hydrogens is 320 g/mol. The van der Waals surface area contributed by atoms with Gasteiger partial charge in [-0.2, -0.15) is 0 Å². The Morgan fingerprint density at radius 2 is 2.08 bits per heavy atom. The van der Waals surface area contributed by atoms with Gasteiger partial charge in [0.2, 0.25) is 0 Å². The van der Waals surface area contributed by atoms with Crippen LogP contribution in [0.1, 0.15) is 23.2 Å². The molecule has 2 N–H and O–H groups in total. The second-order valence-electron chi connectivity index (χ2n) is 5.52. The van der Waals surface area contributed by atoms with Crippen molar-refractivity contribution in [2.45, 2.75) is 12.8 Å². The van der Waals surface area contributed by atoms with Crippen molar-refractivity contribution in [3.8, 4) is 5.75 Å². The Bertz CT molecular complexity index is 653. The van der Waals surface area contributed by atoms with Crippen LogP contribution in [0.15, 0.2) is 18.2 Å². The van der Waals surface area contributed by atoms with E-state index in [-0.39, 0.29) is 36.4 Å². The summed E-state index contributed by atoms with van der Waals surface area (Å²) in [4.78, 5) is 34.2. The fraction of sp³-hybridized carbons (Fsp3) is 0.467. The topological polar surface area (TPSA) is 128 Å². The Balaban J connectivity index is 2.18. The highest BCUT2D eigenvalue weighted by Gasteiger charge is 2.40. The quantitative estimate of drug-likeness (QED) is 0.589. The number of amides is 1. The fourth-order valence-electron chi connectivity index (χ4n) is 2.56. The molecular formula is C15H18N2O7. The molecule has 1 aromatic carbocycles. The minimum absolute atomic E-state index is 0.0145. The van der Waals surface area contributed by atoms with Crippen LogP contribution in [0.3, 0.4) is 0 Å². The maximum atomic E-state index is 12.4. The molecule has 1 saturated heterocycles. The minimum atomic E-state index is -1.10. The van der Waals surface area contributed by atoms with Gasteiger partial charge in [0, 0.05) is 31.9 Å². The zero-order valence-electron chi connectivity index (χ0n) is 13.1. The number of methoxy groups -OCH3 is 1. The molecule has 0 saturated carbocycles. The summed E-state index contributed by atoms with van der Waals surface area (Å²) in [6.07, 6.45) is 0.573. The zero-order valence-corrected chi connectivity index (χ0v) is 13.1. The van der Waals surface area contributed by atoms with E-state index in [1.807, 2.05) is 0 Å². The van der Waals surface area contributed by atoms with Gasteiger partial charge in [0.05, 0.1) is 23.0 Å². The van der Waals surface area contributed by atoms with E-state index in [9.17, 15) is 24.8 Å². The predicted molar refractivity (Wildman–Crippen MR) is 82.1 cm³/mol. The van der Waals surface area contributed by atoms with Gasteiger partial charge in [-0.15, -0.1) is 0 Å². The van der Waals surface area contributed by atoms with Crippen LogP contribution in [0.25, 0.3) is 0 Å². The lowest BCUT2D eigenvalue weighted by atomic mass is 9.80. The van der Waals surface area contributed by atoms with Crippen LogP contribution in [0.5, 0.6) is 5.75 Å². The van der Waals surface area contributed by atoms with Crippen LogP contribution in [0.4, 0.5) is 5.69 Å². The number of nitro groups is 1. The highest BCUT2D eigenvalue weighted by molar-refractivity contribution is 5.97. The number of non-ortho nitro benzene ring substituents is 1. The van der Waals surface area contributed by atoms with E-state index in [4.69, 9.17) is 9.47 Å². The lowest BCUT2D eigenvalue weighted by Crippen LogP contribution is -2.46. The van der Waals surface area contributed by atoms with E-state index in [2.05, 4.69) is 5.32 Å². The first-order chi connectivity index (χ1) is 11.4. The molecule has 0 radical (unpaired) electrons. The highest BCUT2D eigenvalue weighted by atomic mass is 16.6. The van der Waals surface area contributed by atoms with E-state index < -0.39 is 22.2 Å². The number of carbonyl (C=O) groups excluding carboxylic acids is 1. The van der Waals surface area contributed by atoms with Crippen molar-refractivity contribution >= 4 is 17.6 Å². The number of aliphatic carboxylic acids is 1. The van der Waals surface area contributed by atoms with Crippen LogP contribution < -0.4 is 10.1 Å². The first kappa shape index (κ1) is 17.7. The van der Waals surface area contributed by atoms with Crippen molar-refractivity contribution in [1.29, 1.82) is 0 Å². The maximum Gasteiger partial charge on any atom is 0.311 e.